The Morgan fingerprint density at radius 3 is 2.40 bits per heavy atom. The third kappa shape index (κ3) is 4.09. The minimum atomic E-state index is -1.08. The lowest BCUT2D eigenvalue weighted by molar-refractivity contribution is 0.144. The van der Waals surface area contributed by atoms with E-state index >= 15 is 0 Å². The molecule has 6 rings (SSSR count). The van der Waals surface area contributed by atoms with E-state index < -0.39 is 17.4 Å². The summed E-state index contributed by atoms with van der Waals surface area (Å²) in [6, 6.07) is 24.1. The predicted octanol–water partition coefficient (Wildman–Crippen LogP) is 6.85. The molecule has 0 unspecified atom stereocenters. The molecular formula is C32H22FN3O4. The van der Waals surface area contributed by atoms with E-state index in [0.717, 1.165) is 12.0 Å². The van der Waals surface area contributed by atoms with Crippen molar-refractivity contribution in [3.05, 3.63) is 112 Å². The Bertz CT molecular complexity index is 1870. The molecule has 0 aliphatic heterocycles. The number of fused-ring (bicyclic) bond motifs is 1. The van der Waals surface area contributed by atoms with Crippen LogP contribution in [0.15, 0.2) is 94.3 Å². The Morgan fingerprint density at radius 2 is 1.75 bits per heavy atom. The van der Waals surface area contributed by atoms with E-state index in [9.17, 15) is 24.3 Å². The average Bonchev–Trinajstić information content (AvgIpc) is 2.95. The summed E-state index contributed by atoms with van der Waals surface area (Å²) in [5.74, 6) is -0.389. The standard InChI is InChI=1S/C32H22FN3O4/c33-25-9-4-8-22(24(25)18-34)27-30-23(14-17-35-27)28(37)26(29(40-30)20-6-2-1-3-7-20)19-10-12-21(13-11-19)32(15-5-16-32)36-31(38)39/h1-4,6-14,17,36H,5,15-16H2,(H,38,39). The van der Waals surface area contributed by atoms with Crippen LogP contribution in [-0.4, -0.2) is 16.2 Å². The molecule has 1 aliphatic rings. The quantitative estimate of drug-likeness (QED) is 0.256. The molecule has 40 heavy (non-hydrogen) atoms. The van der Waals surface area contributed by atoms with Gasteiger partial charge in [0.15, 0.2) is 5.58 Å². The van der Waals surface area contributed by atoms with E-state index in [4.69, 9.17) is 4.42 Å². The molecular weight excluding hydrogens is 509 g/mol. The van der Waals surface area contributed by atoms with Gasteiger partial charge in [-0.05, 0) is 42.5 Å². The highest BCUT2D eigenvalue weighted by Crippen LogP contribution is 2.42. The Labute approximate surface area is 228 Å². The Hall–Kier alpha value is -5.29. The van der Waals surface area contributed by atoms with E-state index in [1.807, 2.05) is 48.5 Å². The van der Waals surface area contributed by atoms with Crippen LogP contribution in [0.5, 0.6) is 0 Å². The highest BCUT2D eigenvalue weighted by Gasteiger charge is 2.40. The van der Waals surface area contributed by atoms with Gasteiger partial charge in [-0.15, -0.1) is 0 Å². The zero-order valence-corrected chi connectivity index (χ0v) is 21.1. The first kappa shape index (κ1) is 25.0. The van der Waals surface area contributed by atoms with Crippen LogP contribution in [0.4, 0.5) is 9.18 Å². The first-order valence-corrected chi connectivity index (χ1v) is 12.7. The van der Waals surface area contributed by atoms with Gasteiger partial charge in [-0.1, -0.05) is 66.7 Å². The van der Waals surface area contributed by atoms with E-state index in [-0.39, 0.29) is 33.2 Å². The van der Waals surface area contributed by atoms with Crippen LogP contribution in [0.1, 0.15) is 30.4 Å². The molecule has 1 aliphatic carbocycles. The Morgan fingerprint density at radius 1 is 1.00 bits per heavy atom. The first-order valence-electron chi connectivity index (χ1n) is 12.7. The molecule has 5 aromatic rings. The van der Waals surface area contributed by atoms with Crippen LogP contribution in [0.2, 0.25) is 0 Å². The van der Waals surface area contributed by atoms with Crippen molar-refractivity contribution < 1.29 is 18.7 Å². The number of carbonyl (C=O) groups is 1. The van der Waals surface area contributed by atoms with E-state index in [0.29, 0.717) is 35.3 Å². The molecule has 2 N–H and O–H groups in total. The lowest BCUT2D eigenvalue weighted by Crippen LogP contribution is -2.50. The minimum Gasteiger partial charge on any atom is -0.465 e. The zero-order valence-electron chi connectivity index (χ0n) is 21.1. The fourth-order valence-electron chi connectivity index (χ4n) is 5.38. The number of benzene rings is 3. The van der Waals surface area contributed by atoms with Crippen molar-refractivity contribution in [2.24, 2.45) is 0 Å². The first-order chi connectivity index (χ1) is 19.4. The number of pyridine rings is 1. The lowest BCUT2D eigenvalue weighted by Gasteiger charge is -2.42. The summed E-state index contributed by atoms with van der Waals surface area (Å²) >= 11 is 0. The van der Waals surface area contributed by atoms with Gasteiger partial charge in [-0.3, -0.25) is 9.78 Å². The molecule has 0 saturated heterocycles. The van der Waals surface area contributed by atoms with Crippen LogP contribution >= 0.6 is 0 Å². The van der Waals surface area contributed by atoms with Gasteiger partial charge in [0.25, 0.3) is 0 Å². The summed E-state index contributed by atoms with van der Waals surface area (Å²) in [6.07, 6.45) is 2.68. The summed E-state index contributed by atoms with van der Waals surface area (Å²) < 4.78 is 20.9. The van der Waals surface area contributed by atoms with E-state index in [2.05, 4.69) is 10.3 Å². The number of carboxylic acid groups (broad SMARTS) is 1. The molecule has 2 aromatic heterocycles. The smallest absolute Gasteiger partial charge is 0.405 e. The second-order valence-corrected chi connectivity index (χ2v) is 9.75. The number of rotatable bonds is 5. The minimum absolute atomic E-state index is 0.146. The molecule has 2 heterocycles. The highest BCUT2D eigenvalue weighted by molar-refractivity contribution is 5.96. The fourth-order valence-corrected chi connectivity index (χ4v) is 5.38. The third-order valence-electron chi connectivity index (χ3n) is 7.50. The molecule has 8 heteroatoms. The normalized spacial score (nSPS) is 13.8. The number of hydrogen-bond donors (Lipinski definition) is 2. The molecule has 7 nitrogen and oxygen atoms in total. The van der Waals surface area contributed by atoms with Crippen LogP contribution in [0.25, 0.3) is 44.7 Å². The highest BCUT2D eigenvalue weighted by atomic mass is 19.1. The summed E-state index contributed by atoms with van der Waals surface area (Å²) in [6.45, 7) is 0. The van der Waals surface area contributed by atoms with Gasteiger partial charge in [-0.2, -0.15) is 5.26 Å². The van der Waals surface area contributed by atoms with Gasteiger partial charge < -0.3 is 14.8 Å². The van der Waals surface area contributed by atoms with Gasteiger partial charge in [0, 0.05) is 17.3 Å². The number of halogens is 1. The van der Waals surface area contributed by atoms with Gasteiger partial charge in [0.05, 0.1) is 22.1 Å². The molecule has 0 atom stereocenters. The SMILES string of the molecule is N#Cc1c(F)cccc1-c1nccc2c(=O)c(-c3ccc(C4(NC(=O)O)CCC4)cc3)c(-c3ccccc3)oc12. The number of hydrogen-bond acceptors (Lipinski definition) is 5. The maximum absolute atomic E-state index is 14.5. The van der Waals surface area contributed by atoms with Crippen molar-refractivity contribution in [3.63, 3.8) is 0 Å². The monoisotopic (exact) mass is 531 g/mol. The molecule has 0 radical (unpaired) electrons. The second kappa shape index (κ2) is 9.79. The zero-order chi connectivity index (χ0) is 27.9. The van der Waals surface area contributed by atoms with E-state index in [1.165, 1.54) is 18.3 Å². The van der Waals surface area contributed by atoms with Crippen molar-refractivity contribution in [2.75, 3.05) is 0 Å². The van der Waals surface area contributed by atoms with Crippen LogP contribution in [-0.2, 0) is 5.54 Å². The maximum atomic E-state index is 14.5. The Balaban J connectivity index is 1.58. The van der Waals surface area contributed by atoms with E-state index in [1.54, 1.807) is 24.3 Å². The van der Waals surface area contributed by atoms with Gasteiger partial charge in [-0.25, -0.2) is 9.18 Å². The van der Waals surface area contributed by atoms with Crippen molar-refractivity contribution in [3.8, 4) is 39.8 Å². The van der Waals surface area contributed by atoms with Crippen LogP contribution < -0.4 is 10.7 Å². The molecule has 0 bridgehead atoms. The number of nitriles is 1. The van der Waals surface area contributed by atoms with Crippen molar-refractivity contribution in [1.82, 2.24) is 10.3 Å². The molecule has 1 saturated carbocycles. The van der Waals surface area contributed by atoms with Crippen LogP contribution in [0, 0.1) is 17.1 Å². The average molecular weight is 532 g/mol. The second-order valence-electron chi connectivity index (χ2n) is 9.75. The summed E-state index contributed by atoms with van der Waals surface area (Å²) in [5.41, 5.74) is 1.84. The van der Waals surface area contributed by atoms with Crippen molar-refractivity contribution in [2.45, 2.75) is 24.8 Å². The molecule has 1 amide bonds. The number of aromatic nitrogens is 1. The number of nitrogens with zero attached hydrogens (tertiary/aromatic N) is 2. The molecule has 196 valence electrons. The predicted molar refractivity (Wildman–Crippen MR) is 148 cm³/mol. The Kier molecular flexibility index (Phi) is 6.12. The summed E-state index contributed by atoms with van der Waals surface area (Å²) in [5, 5.41) is 21.9. The molecule has 3 aromatic carbocycles. The van der Waals surface area contributed by atoms with Gasteiger partial charge >= 0.3 is 6.09 Å². The largest absolute Gasteiger partial charge is 0.465 e. The fraction of sp³-hybridized carbons (Fsp3) is 0.125. The topological polar surface area (TPSA) is 116 Å². The third-order valence-corrected chi connectivity index (χ3v) is 7.50. The lowest BCUT2D eigenvalue weighted by atomic mass is 9.71. The summed E-state index contributed by atoms with van der Waals surface area (Å²) in [4.78, 5) is 29.9. The van der Waals surface area contributed by atoms with Gasteiger partial charge in [0.2, 0.25) is 5.43 Å². The van der Waals surface area contributed by atoms with Crippen molar-refractivity contribution >= 4 is 17.1 Å². The summed E-state index contributed by atoms with van der Waals surface area (Å²) in [7, 11) is 0. The number of amides is 1. The molecule has 0 spiro atoms. The number of nitrogens with one attached hydrogen (secondary N) is 1. The molecule has 1 fully saturated rings. The maximum Gasteiger partial charge on any atom is 0.405 e. The van der Waals surface area contributed by atoms with Crippen LogP contribution in [0.3, 0.4) is 0 Å². The van der Waals surface area contributed by atoms with Gasteiger partial charge in [0.1, 0.15) is 23.3 Å². The van der Waals surface area contributed by atoms with Crippen molar-refractivity contribution in [1.29, 1.82) is 5.26 Å².